The van der Waals surface area contributed by atoms with Gasteiger partial charge in [0.25, 0.3) is 0 Å². The summed E-state index contributed by atoms with van der Waals surface area (Å²) in [4.78, 5) is 10.2. The van der Waals surface area contributed by atoms with Crippen LogP contribution in [0.5, 0.6) is 0 Å². The lowest BCUT2D eigenvalue weighted by atomic mass is 9.89. The van der Waals surface area contributed by atoms with Crippen LogP contribution in [-0.4, -0.2) is 59.3 Å². The molecule has 0 amide bonds. The number of hydrogen-bond donors (Lipinski definition) is 1. The van der Waals surface area contributed by atoms with Gasteiger partial charge in [0.1, 0.15) is 5.84 Å². The van der Waals surface area contributed by atoms with Gasteiger partial charge in [-0.15, -0.1) is 0 Å². The van der Waals surface area contributed by atoms with Gasteiger partial charge in [-0.25, -0.2) is 13.8 Å². The number of nitrogens with one attached hydrogen (secondary N) is 1. The highest BCUT2D eigenvalue weighted by Crippen LogP contribution is 2.35. The highest BCUT2D eigenvalue weighted by Gasteiger charge is 2.36. The van der Waals surface area contributed by atoms with Crippen molar-refractivity contribution < 1.29 is 8.78 Å². The summed E-state index contributed by atoms with van der Waals surface area (Å²) in [5.41, 5.74) is 0.131. The van der Waals surface area contributed by atoms with Crippen molar-refractivity contribution in [3.8, 4) is 0 Å². The fourth-order valence-corrected chi connectivity index (χ4v) is 6.24. The highest BCUT2D eigenvalue weighted by molar-refractivity contribution is 7.98. The van der Waals surface area contributed by atoms with Crippen LogP contribution in [0.25, 0.3) is 0 Å². The molecule has 160 valence electrons. The predicted octanol–water partition coefficient (Wildman–Crippen LogP) is 4.87. The van der Waals surface area contributed by atoms with E-state index >= 15 is 0 Å². The smallest absolute Gasteiger partial charge is 0.248 e. The van der Waals surface area contributed by atoms with Gasteiger partial charge in [-0.2, -0.15) is 0 Å². The molecular formula is C21H36F2N4S. The van der Waals surface area contributed by atoms with E-state index in [1.807, 2.05) is 0 Å². The first-order valence-corrected chi connectivity index (χ1v) is 12.3. The Morgan fingerprint density at radius 2 is 1.57 bits per heavy atom. The maximum Gasteiger partial charge on any atom is 0.248 e. The molecule has 4 aliphatic rings. The molecule has 4 nitrogen and oxygen atoms in total. The van der Waals surface area contributed by atoms with Crippen molar-refractivity contribution in [1.82, 2.24) is 14.5 Å². The van der Waals surface area contributed by atoms with E-state index in [-0.39, 0.29) is 24.3 Å². The molecule has 1 N–H and O–H groups in total. The molecule has 0 bridgehead atoms. The normalized spacial score (nSPS) is 34.1. The van der Waals surface area contributed by atoms with Crippen LogP contribution in [0.15, 0.2) is 4.99 Å². The first-order chi connectivity index (χ1) is 13.6. The van der Waals surface area contributed by atoms with E-state index < -0.39 is 5.92 Å². The standard InChI is InChI=1S/C21H36F2N4S/c22-21(23)11-4-3-7-17(8-12-21)19-24-20(28-25-19)27-15-9-18(10-16-27)26-13-5-1-2-6-14-26/h17-18,20H,1-16H2,(H,24,25). The van der Waals surface area contributed by atoms with Crippen molar-refractivity contribution in [3.63, 3.8) is 0 Å². The van der Waals surface area contributed by atoms with E-state index in [0.717, 1.165) is 37.8 Å². The predicted molar refractivity (Wildman–Crippen MR) is 113 cm³/mol. The van der Waals surface area contributed by atoms with Gasteiger partial charge in [-0.05, 0) is 70.0 Å². The summed E-state index contributed by atoms with van der Waals surface area (Å²) in [6.45, 7) is 4.75. The second-order valence-electron chi connectivity index (χ2n) is 9.12. The highest BCUT2D eigenvalue weighted by atomic mass is 32.2. The summed E-state index contributed by atoms with van der Waals surface area (Å²) in [7, 11) is 0. The molecule has 1 saturated carbocycles. The Hall–Kier alpha value is -0.400. The second-order valence-corrected chi connectivity index (χ2v) is 9.98. The van der Waals surface area contributed by atoms with Gasteiger partial charge in [0.05, 0.1) is 0 Å². The van der Waals surface area contributed by atoms with Crippen molar-refractivity contribution in [2.75, 3.05) is 26.2 Å². The Morgan fingerprint density at radius 3 is 2.32 bits per heavy atom. The van der Waals surface area contributed by atoms with Gasteiger partial charge in [-0.3, -0.25) is 4.90 Å². The number of rotatable bonds is 3. The van der Waals surface area contributed by atoms with Crippen LogP contribution in [0, 0.1) is 5.92 Å². The van der Waals surface area contributed by atoms with E-state index in [1.165, 1.54) is 51.6 Å². The number of piperidine rings is 1. The van der Waals surface area contributed by atoms with Crippen LogP contribution in [0.4, 0.5) is 8.78 Å². The molecule has 28 heavy (non-hydrogen) atoms. The lowest BCUT2D eigenvalue weighted by Crippen LogP contribution is -2.47. The van der Waals surface area contributed by atoms with Crippen LogP contribution in [0.1, 0.15) is 77.0 Å². The third-order valence-electron chi connectivity index (χ3n) is 7.08. The third-order valence-corrected chi connectivity index (χ3v) is 8.02. The number of aliphatic imine (C=N–C) groups is 1. The second kappa shape index (κ2) is 9.61. The fraction of sp³-hybridized carbons (Fsp3) is 0.952. The molecular weight excluding hydrogens is 378 g/mol. The molecule has 1 aliphatic carbocycles. The summed E-state index contributed by atoms with van der Waals surface area (Å²) < 4.78 is 31.0. The van der Waals surface area contributed by atoms with Gasteiger partial charge in [-0.1, -0.05) is 19.3 Å². The molecule has 2 unspecified atom stereocenters. The molecule has 3 aliphatic heterocycles. The van der Waals surface area contributed by atoms with Crippen LogP contribution in [0.3, 0.4) is 0 Å². The Morgan fingerprint density at radius 1 is 0.821 bits per heavy atom. The minimum Gasteiger partial charge on any atom is -0.315 e. The number of amidine groups is 1. The van der Waals surface area contributed by atoms with Gasteiger partial charge < -0.3 is 9.62 Å². The summed E-state index contributed by atoms with van der Waals surface area (Å²) in [6, 6.07) is 0.741. The maximum absolute atomic E-state index is 13.8. The van der Waals surface area contributed by atoms with Crippen molar-refractivity contribution in [2.45, 2.75) is 94.5 Å². The number of nitrogens with zero attached hydrogens (tertiary/aromatic N) is 3. The van der Waals surface area contributed by atoms with E-state index in [9.17, 15) is 8.78 Å². The number of hydrogen-bond acceptors (Lipinski definition) is 5. The average Bonchev–Trinajstić information content (AvgIpc) is 3.01. The van der Waals surface area contributed by atoms with Crippen molar-refractivity contribution in [3.05, 3.63) is 0 Å². The molecule has 0 aromatic heterocycles. The van der Waals surface area contributed by atoms with E-state index in [4.69, 9.17) is 4.99 Å². The van der Waals surface area contributed by atoms with Crippen molar-refractivity contribution in [2.24, 2.45) is 10.9 Å². The van der Waals surface area contributed by atoms with Crippen LogP contribution in [0.2, 0.25) is 0 Å². The monoisotopic (exact) mass is 414 g/mol. The first-order valence-electron chi connectivity index (χ1n) is 11.5. The van der Waals surface area contributed by atoms with E-state index in [2.05, 4.69) is 14.5 Å². The molecule has 0 aromatic rings. The molecule has 7 heteroatoms. The molecule has 0 radical (unpaired) electrons. The summed E-state index contributed by atoms with van der Waals surface area (Å²) in [6.07, 6.45) is 11.1. The Labute approximate surface area is 173 Å². The quantitative estimate of drug-likeness (QED) is 0.668. The molecule has 2 atom stereocenters. The lowest BCUT2D eigenvalue weighted by Gasteiger charge is -2.39. The van der Waals surface area contributed by atoms with Crippen LogP contribution >= 0.6 is 11.9 Å². The van der Waals surface area contributed by atoms with Crippen LogP contribution < -0.4 is 4.72 Å². The van der Waals surface area contributed by atoms with E-state index in [0.29, 0.717) is 12.8 Å². The molecule has 0 spiro atoms. The largest absolute Gasteiger partial charge is 0.315 e. The lowest BCUT2D eigenvalue weighted by molar-refractivity contribution is -0.0263. The third kappa shape index (κ3) is 5.39. The summed E-state index contributed by atoms with van der Waals surface area (Å²) in [5, 5.41) is 0. The molecule has 3 heterocycles. The Bertz CT molecular complexity index is 528. The zero-order chi connectivity index (χ0) is 19.4. The van der Waals surface area contributed by atoms with Crippen LogP contribution in [-0.2, 0) is 0 Å². The zero-order valence-electron chi connectivity index (χ0n) is 17.1. The van der Waals surface area contributed by atoms with Gasteiger partial charge in [0, 0.05) is 37.9 Å². The molecule has 2 saturated heterocycles. The van der Waals surface area contributed by atoms with Crippen molar-refractivity contribution >= 4 is 17.8 Å². The van der Waals surface area contributed by atoms with Crippen molar-refractivity contribution in [1.29, 1.82) is 0 Å². The zero-order valence-corrected chi connectivity index (χ0v) is 17.9. The average molecular weight is 415 g/mol. The maximum atomic E-state index is 13.8. The summed E-state index contributed by atoms with van der Waals surface area (Å²) in [5.74, 6) is -1.33. The number of likely N-dealkylation sites (tertiary alicyclic amines) is 2. The minimum absolute atomic E-state index is 0.00886. The first kappa shape index (κ1) is 20.9. The van der Waals surface area contributed by atoms with Gasteiger partial charge in [0.15, 0.2) is 5.50 Å². The fourth-order valence-electron chi connectivity index (χ4n) is 5.26. The number of alkyl halides is 2. The van der Waals surface area contributed by atoms with Gasteiger partial charge >= 0.3 is 0 Å². The minimum atomic E-state index is -2.49. The Balaban J connectivity index is 1.28. The Kier molecular flexibility index (Phi) is 7.16. The molecule has 0 aromatic carbocycles. The molecule has 3 fully saturated rings. The number of halogens is 2. The molecule has 4 rings (SSSR count). The summed E-state index contributed by atoms with van der Waals surface area (Å²) >= 11 is 1.67. The SMILES string of the molecule is FC1(F)CCCCC(C2=NC(N3CCC(N4CCCCCC4)CC3)SN2)CC1. The van der Waals surface area contributed by atoms with Gasteiger partial charge in [0.2, 0.25) is 5.92 Å². The van der Waals surface area contributed by atoms with E-state index in [1.54, 1.807) is 11.9 Å². The topological polar surface area (TPSA) is 30.9 Å².